The van der Waals surface area contributed by atoms with E-state index in [-0.39, 0.29) is 0 Å². The van der Waals surface area contributed by atoms with Crippen molar-refractivity contribution in [3.8, 4) is 0 Å². The molecule has 58 valence electrons. The zero-order chi connectivity index (χ0) is 7.23. The predicted octanol–water partition coefficient (Wildman–Crippen LogP) is 2.22. The van der Waals surface area contributed by atoms with E-state index in [0.29, 0.717) is 6.04 Å². The van der Waals surface area contributed by atoms with Gasteiger partial charge in [0.2, 0.25) is 0 Å². The van der Waals surface area contributed by atoms with E-state index in [1.807, 2.05) is 0 Å². The molecule has 0 amide bonds. The highest BCUT2D eigenvalue weighted by atomic mass is 14.6. The zero-order valence-electron chi connectivity index (χ0n) is 6.55. The topological polar surface area (TPSA) is 26.0 Å². The van der Waals surface area contributed by atoms with Gasteiger partial charge in [-0.25, -0.2) is 0 Å². The summed E-state index contributed by atoms with van der Waals surface area (Å²) in [5.74, 6) is 0. The van der Waals surface area contributed by atoms with Crippen LogP contribution >= 0.6 is 0 Å². The standard InChI is InChI=1S/C9H17N/c10-9-7-5-3-1-2-4-6-8-9/h5,7,9H,1-4,6,8,10H2/b7-5-. The van der Waals surface area contributed by atoms with E-state index in [4.69, 9.17) is 5.73 Å². The molecule has 2 N–H and O–H groups in total. The van der Waals surface area contributed by atoms with E-state index >= 15 is 0 Å². The summed E-state index contributed by atoms with van der Waals surface area (Å²) in [7, 11) is 0. The molecule has 0 aromatic heterocycles. The lowest BCUT2D eigenvalue weighted by atomic mass is 10.1. The Bertz CT molecular complexity index is 107. The first kappa shape index (κ1) is 7.80. The monoisotopic (exact) mass is 139 g/mol. The minimum Gasteiger partial charge on any atom is -0.324 e. The second-order valence-corrected chi connectivity index (χ2v) is 3.08. The number of nitrogens with two attached hydrogens (primary N) is 1. The fraction of sp³-hybridized carbons (Fsp3) is 0.778. The van der Waals surface area contributed by atoms with E-state index in [1.165, 1.54) is 38.5 Å². The second-order valence-electron chi connectivity index (χ2n) is 3.08. The third-order valence-corrected chi connectivity index (χ3v) is 2.04. The summed E-state index contributed by atoms with van der Waals surface area (Å²) in [5.41, 5.74) is 5.79. The van der Waals surface area contributed by atoms with Gasteiger partial charge < -0.3 is 5.73 Å². The summed E-state index contributed by atoms with van der Waals surface area (Å²) in [6.45, 7) is 0. The first-order chi connectivity index (χ1) is 4.89. The van der Waals surface area contributed by atoms with Crippen molar-refractivity contribution in [2.24, 2.45) is 5.73 Å². The molecule has 1 rings (SSSR count). The average molecular weight is 139 g/mol. The lowest BCUT2D eigenvalue weighted by Crippen LogP contribution is -2.15. The van der Waals surface area contributed by atoms with Gasteiger partial charge in [-0.3, -0.25) is 0 Å². The molecule has 1 aliphatic carbocycles. The van der Waals surface area contributed by atoms with Gasteiger partial charge in [0.1, 0.15) is 0 Å². The lowest BCUT2D eigenvalue weighted by molar-refractivity contribution is 0.601. The van der Waals surface area contributed by atoms with E-state index < -0.39 is 0 Å². The van der Waals surface area contributed by atoms with Crippen LogP contribution in [0.3, 0.4) is 0 Å². The highest BCUT2D eigenvalue weighted by molar-refractivity contribution is 4.91. The Labute approximate surface area is 63.3 Å². The third kappa shape index (κ3) is 3.02. The van der Waals surface area contributed by atoms with Crippen molar-refractivity contribution >= 4 is 0 Å². The fourth-order valence-corrected chi connectivity index (χ4v) is 1.36. The largest absolute Gasteiger partial charge is 0.324 e. The molecule has 0 heterocycles. The molecular formula is C9H17N. The highest BCUT2D eigenvalue weighted by Gasteiger charge is 1.98. The number of rotatable bonds is 0. The predicted molar refractivity (Wildman–Crippen MR) is 44.8 cm³/mol. The molecule has 0 aliphatic heterocycles. The van der Waals surface area contributed by atoms with Crippen molar-refractivity contribution in [1.82, 2.24) is 0 Å². The summed E-state index contributed by atoms with van der Waals surface area (Å²) in [5, 5.41) is 0. The van der Waals surface area contributed by atoms with Crippen molar-refractivity contribution in [3.63, 3.8) is 0 Å². The van der Waals surface area contributed by atoms with Crippen LogP contribution < -0.4 is 5.73 Å². The molecule has 1 nitrogen and oxygen atoms in total. The second kappa shape index (κ2) is 4.51. The molecule has 1 unspecified atom stereocenters. The molecule has 0 spiro atoms. The molecule has 0 saturated heterocycles. The van der Waals surface area contributed by atoms with E-state index in [9.17, 15) is 0 Å². The van der Waals surface area contributed by atoms with Crippen molar-refractivity contribution in [3.05, 3.63) is 12.2 Å². The summed E-state index contributed by atoms with van der Waals surface area (Å²) in [6.07, 6.45) is 12.2. The van der Waals surface area contributed by atoms with Crippen molar-refractivity contribution < 1.29 is 0 Å². The Morgan fingerprint density at radius 2 is 1.90 bits per heavy atom. The first-order valence-corrected chi connectivity index (χ1v) is 4.32. The van der Waals surface area contributed by atoms with Crippen LogP contribution in [0.2, 0.25) is 0 Å². The molecule has 0 saturated carbocycles. The summed E-state index contributed by atoms with van der Waals surface area (Å²) in [4.78, 5) is 0. The summed E-state index contributed by atoms with van der Waals surface area (Å²) >= 11 is 0. The van der Waals surface area contributed by atoms with Gasteiger partial charge in [-0.1, -0.05) is 31.4 Å². The molecule has 0 aromatic rings. The summed E-state index contributed by atoms with van der Waals surface area (Å²) < 4.78 is 0. The van der Waals surface area contributed by atoms with Gasteiger partial charge in [0, 0.05) is 6.04 Å². The van der Waals surface area contributed by atoms with Gasteiger partial charge in [-0.2, -0.15) is 0 Å². The van der Waals surface area contributed by atoms with Gasteiger partial charge >= 0.3 is 0 Å². The lowest BCUT2D eigenvalue weighted by Gasteiger charge is -2.02. The van der Waals surface area contributed by atoms with E-state index in [0.717, 1.165) is 0 Å². The minimum absolute atomic E-state index is 0.332. The maximum absolute atomic E-state index is 5.79. The fourth-order valence-electron chi connectivity index (χ4n) is 1.36. The van der Waals surface area contributed by atoms with Gasteiger partial charge in [0.05, 0.1) is 0 Å². The molecule has 0 radical (unpaired) electrons. The van der Waals surface area contributed by atoms with Gasteiger partial charge in [-0.15, -0.1) is 0 Å². The SMILES string of the molecule is NC1/C=C\CCCCCC1. The molecule has 0 fully saturated rings. The van der Waals surface area contributed by atoms with Crippen LogP contribution in [0, 0.1) is 0 Å². The Balaban J connectivity index is 2.28. The average Bonchev–Trinajstić information content (AvgIpc) is 2.02. The van der Waals surface area contributed by atoms with Gasteiger partial charge in [0.15, 0.2) is 0 Å². The molecule has 10 heavy (non-hydrogen) atoms. The van der Waals surface area contributed by atoms with Crippen LogP contribution in [0.25, 0.3) is 0 Å². The van der Waals surface area contributed by atoms with Crippen LogP contribution in [0.1, 0.15) is 38.5 Å². The maximum Gasteiger partial charge on any atom is 0.0223 e. The van der Waals surface area contributed by atoms with Crippen LogP contribution in [-0.2, 0) is 0 Å². The Morgan fingerprint density at radius 3 is 2.80 bits per heavy atom. The maximum atomic E-state index is 5.79. The smallest absolute Gasteiger partial charge is 0.0223 e. The Kier molecular flexibility index (Phi) is 3.52. The number of hydrogen-bond acceptors (Lipinski definition) is 1. The van der Waals surface area contributed by atoms with Crippen molar-refractivity contribution in [2.75, 3.05) is 0 Å². The Morgan fingerprint density at radius 1 is 1.10 bits per heavy atom. The number of hydrogen-bond donors (Lipinski definition) is 1. The van der Waals surface area contributed by atoms with Crippen LogP contribution in [0.15, 0.2) is 12.2 Å². The zero-order valence-corrected chi connectivity index (χ0v) is 6.55. The third-order valence-electron chi connectivity index (χ3n) is 2.04. The molecule has 1 aliphatic rings. The molecular weight excluding hydrogens is 122 g/mol. The van der Waals surface area contributed by atoms with Crippen LogP contribution in [0.5, 0.6) is 0 Å². The Hall–Kier alpha value is -0.300. The molecule has 0 bridgehead atoms. The van der Waals surface area contributed by atoms with E-state index in [2.05, 4.69) is 12.2 Å². The van der Waals surface area contributed by atoms with Crippen molar-refractivity contribution in [2.45, 2.75) is 44.6 Å². The molecule has 1 atom stereocenters. The minimum atomic E-state index is 0.332. The highest BCUT2D eigenvalue weighted by Crippen LogP contribution is 2.10. The normalized spacial score (nSPS) is 31.9. The molecule has 0 aromatic carbocycles. The van der Waals surface area contributed by atoms with Crippen LogP contribution in [-0.4, -0.2) is 6.04 Å². The molecule has 1 heteroatoms. The van der Waals surface area contributed by atoms with Crippen LogP contribution in [0.4, 0.5) is 0 Å². The van der Waals surface area contributed by atoms with Crippen molar-refractivity contribution in [1.29, 1.82) is 0 Å². The first-order valence-electron chi connectivity index (χ1n) is 4.32. The van der Waals surface area contributed by atoms with Gasteiger partial charge in [0.25, 0.3) is 0 Å². The van der Waals surface area contributed by atoms with E-state index in [1.54, 1.807) is 0 Å². The summed E-state index contributed by atoms with van der Waals surface area (Å²) in [6, 6.07) is 0.332. The van der Waals surface area contributed by atoms with Gasteiger partial charge in [-0.05, 0) is 19.3 Å². The number of allylic oxidation sites excluding steroid dienone is 1. The quantitative estimate of drug-likeness (QED) is 0.512.